The zero-order chi connectivity index (χ0) is 18.0. The largest absolute Gasteiger partial charge is 0.369 e. The number of primary amides is 1. The molecule has 3 rings (SSSR count). The van der Waals surface area contributed by atoms with Crippen LogP contribution in [-0.4, -0.2) is 48.3 Å². The predicted molar refractivity (Wildman–Crippen MR) is 102 cm³/mol. The Bertz CT molecular complexity index is 784. The number of carbonyl (C=O) groups is 2. The highest BCUT2D eigenvalue weighted by atomic mass is 35.5. The summed E-state index contributed by atoms with van der Waals surface area (Å²) in [6, 6.07) is 8.02. The maximum Gasteiger partial charge on any atom is 0.231 e. The van der Waals surface area contributed by atoms with E-state index in [-0.39, 0.29) is 24.3 Å². The molecule has 1 aromatic heterocycles. The highest BCUT2D eigenvalue weighted by Gasteiger charge is 2.28. The van der Waals surface area contributed by atoms with Crippen molar-refractivity contribution < 1.29 is 9.59 Å². The Hall–Kier alpha value is -1.63. The average molecular weight is 380 g/mol. The predicted octanol–water partition coefficient (Wildman–Crippen LogP) is 2.71. The van der Waals surface area contributed by atoms with Crippen molar-refractivity contribution in [2.75, 3.05) is 26.7 Å². The number of fused-ring (bicyclic) bond motifs is 1. The lowest BCUT2D eigenvalue weighted by atomic mass is 9.95. The molecule has 1 saturated heterocycles. The van der Waals surface area contributed by atoms with E-state index in [1.54, 1.807) is 16.2 Å². The molecule has 7 heteroatoms. The lowest BCUT2D eigenvalue weighted by molar-refractivity contribution is -0.136. The van der Waals surface area contributed by atoms with E-state index in [0.29, 0.717) is 6.54 Å². The van der Waals surface area contributed by atoms with Gasteiger partial charge in [-0.3, -0.25) is 14.5 Å². The van der Waals surface area contributed by atoms with E-state index in [2.05, 4.69) is 0 Å². The van der Waals surface area contributed by atoms with Crippen LogP contribution in [0.15, 0.2) is 24.3 Å². The number of nitrogens with two attached hydrogens (primary N) is 1. The number of hydrogen-bond acceptors (Lipinski definition) is 4. The molecule has 2 heterocycles. The van der Waals surface area contributed by atoms with Crippen molar-refractivity contribution in [1.82, 2.24) is 9.80 Å². The second-order valence-electron chi connectivity index (χ2n) is 6.55. The van der Waals surface area contributed by atoms with Crippen LogP contribution in [0.5, 0.6) is 0 Å². The van der Waals surface area contributed by atoms with Gasteiger partial charge in [0.1, 0.15) is 0 Å². The topological polar surface area (TPSA) is 66.6 Å². The van der Waals surface area contributed by atoms with Gasteiger partial charge in [0.2, 0.25) is 11.8 Å². The van der Waals surface area contributed by atoms with Crippen molar-refractivity contribution in [3.8, 4) is 0 Å². The number of rotatable bonds is 5. The highest BCUT2D eigenvalue weighted by Crippen LogP contribution is 2.36. The van der Waals surface area contributed by atoms with Crippen molar-refractivity contribution in [1.29, 1.82) is 0 Å². The van der Waals surface area contributed by atoms with Crippen molar-refractivity contribution in [3.05, 3.63) is 34.2 Å². The van der Waals surface area contributed by atoms with Crippen LogP contribution in [0.25, 0.3) is 10.1 Å². The van der Waals surface area contributed by atoms with Gasteiger partial charge in [-0.15, -0.1) is 11.3 Å². The summed E-state index contributed by atoms with van der Waals surface area (Å²) in [4.78, 5) is 28.5. The summed E-state index contributed by atoms with van der Waals surface area (Å²) < 4.78 is 1.14. The second-order valence-corrected chi connectivity index (χ2v) is 8.06. The molecular formula is C18H22ClN3O2S. The van der Waals surface area contributed by atoms with Gasteiger partial charge in [0.05, 0.1) is 18.1 Å². The molecule has 0 unspecified atom stereocenters. The van der Waals surface area contributed by atoms with Crippen LogP contribution < -0.4 is 5.73 Å². The number of nitrogens with zero attached hydrogens (tertiary/aromatic N) is 2. The summed E-state index contributed by atoms with van der Waals surface area (Å²) in [6.45, 7) is 2.26. The van der Waals surface area contributed by atoms with E-state index in [9.17, 15) is 9.59 Å². The summed E-state index contributed by atoms with van der Waals surface area (Å²) >= 11 is 8.12. The third kappa shape index (κ3) is 4.14. The van der Waals surface area contributed by atoms with E-state index in [4.69, 9.17) is 17.3 Å². The van der Waals surface area contributed by atoms with Gasteiger partial charge >= 0.3 is 0 Å². The first-order valence-electron chi connectivity index (χ1n) is 8.37. The standard InChI is InChI=1S/C18H22ClN3O2S/c1-21(10-15-17(19)13-4-2-3-5-14(13)25-15)18(24)12-6-8-22(9-7-12)11-16(20)23/h2-5,12H,6-11H2,1H3,(H2,20,23). The minimum absolute atomic E-state index is 0.00211. The van der Waals surface area contributed by atoms with Crippen molar-refractivity contribution in [2.45, 2.75) is 19.4 Å². The number of benzene rings is 1. The summed E-state index contributed by atoms with van der Waals surface area (Å²) in [5.41, 5.74) is 5.23. The molecule has 0 atom stereocenters. The monoisotopic (exact) mass is 379 g/mol. The van der Waals surface area contributed by atoms with E-state index < -0.39 is 0 Å². The van der Waals surface area contributed by atoms with Crippen LogP contribution in [0.2, 0.25) is 5.02 Å². The van der Waals surface area contributed by atoms with Crippen molar-refractivity contribution >= 4 is 44.8 Å². The van der Waals surface area contributed by atoms with Gasteiger partial charge in [0.25, 0.3) is 0 Å². The van der Waals surface area contributed by atoms with E-state index >= 15 is 0 Å². The first kappa shape index (κ1) is 18.2. The molecule has 1 aliphatic rings. The first-order valence-corrected chi connectivity index (χ1v) is 9.56. The molecule has 2 aromatic rings. The van der Waals surface area contributed by atoms with Crippen LogP contribution in [0, 0.1) is 5.92 Å². The number of carbonyl (C=O) groups excluding carboxylic acids is 2. The molecular weight excluding hydrogens is 358 g/mol. The van der Waals surface area contributed by atoms with E-state index in [1.165, 1.54) is 0 Å². The normalized spacial score (nSPS) is 16.2. The third-order valence-electron chi connectivity index (χ3n) is 4.67. The molecule has 0 radical (unpaired) electrons. The minimum atomic E-state index is -0.318. The fourth-order valence-electron chi connectivity index (χ4n) is 3.33. The summed E-state index contributed by atoms with van der Waals surface area (Å²) in [5.74, 6) is -0.171. The smallest absolute Gasteiger partial charge is 0.231 e. The van der Waals surface area contributed by atoms with Crippen LogP contribution in [-0.2, 0) is 16.1 Å². The fourth-order valence-corrected chi connectivity index (χ4v) is 4.88. The van der Waals surface area contributed by atoms with Gasteiger partial charge in [0.15, 0.2) is 0 Å². The lowest BCUT2D eigenvalue weighted by Crippen LogP contribution is -2.43. The third-order valence-corrected chi connectivity index (χ3v) is 6.37. The number of piperidine rings is 1. The molecule has 0 saturated carbocycles. The van der Waals surface area contributed by atoms with Crippen molar-refractivity contribution in [3.63, 3.8) is 0 Å². The van der Waals surface area contributed by atoms with Crippen LogP contribution in [0.1, 0.15) is 17.7 Å². The maximum atomic E-state index is 12.7. The molecule has 2 amide bonds. The van der Waals surface area contributed by atoms with Gasteiger partial charge in [-0.1, -0.05) is 29.8 Å². The first-order chi connectivity index (χ1) is 12.0. The van der Waals surface area contributed by atoms with Crippen LogP contribution >= 0.6 is 22.9 Å². The Balaban J connectivity index is 1.61. The number of halogens is 1. The van der Waals surface area contributed by atoms with Crippen LogP contribution in [0.3, 0.4) is 0 Å². The molecule has 25 heavy (non-hydrogen) atoms. The summed E-state index contributed by atoms with van der Waals surface area (Å²) in [7, 11) is 1.83. The van der Waals surface area contributed by atoms with Gasteiger partial charge < -0.3 is 10.6 Å². The summed E-state index contributed by atoms with van der Waals surface area (Å²) in [5, 5.41) is 1.79. The summed E-state index contributed by atoms with van der Waals surface area (Å²) in [6.07, 6.45) is 1.52. The van der Waals surface area contributed by atoms with E-state index in [0.717, 1.165) is 45.9 Å². The fraction of sp³-hybridized carbons (Fsp3) is 0.444. The van der Waals surface area contributed by atoms with E-state index in [1.807, 2.05) is 36.2 Å². The molecule has 2 N–H and O–H groups in total. The van der Waals surface area contributed by atoms with Crippen molar-refractivity contribution in [2.24, 2.45) is 11.7 Å². The Morgan fingerprint density at radius 2 is 2.00 bits per heavy atom. The van der Waals surface area contributed by atoms with Gasteiger partial charge in [-0.05, 0) is 32.0 Å². The Morgan fingerprint density at radius 1 is 1.32 bits per heavy atom. The Morgan fingerprint density at radius 3 is 2.64 bits per heavy atom. The van der Waals surface area contributed by atoms with Gasteiger partial charge in [0, 0.05) is 27.9 Å². The number of amides is 2. The maximum absolute atomic E-state index is 12.7. The zero-order valence-electron chi connectivity index (χ0n) is 14.2. The molecule has 1 aliphatic heterocycles. The molecule has 5 nitrogen and oxygen atoms in total. The zero-order valence-corrected chi connectivity index (χ0v) is 15.8. The van der Waals surface area contributed by atoms with Crippen LogP contribution in [0.4, 0.5) is 0 Å². The molecule has 0 aliphatic carbocycles. The van der Waals surface area contributed by atoms with Gasteiger partial charge in [-0.2, -0.15) is 0 Å². The molecule has 0 bridgehead atoms. The quantitative estimate of drug-likeness (QED) is 0.868. The van der Waals surface area contributed by atoms with Gasteiger partial charge in [-0.25, -0.2) is 0 Å². The Labute approximate surface area is 156 Å². The molecule has 134 valence electrons. The minimum Gasteiger partial charge on any atom is -0.369 e. The molecule has 1 aromatic carbocycles. The SMILES string of the molecule is CN(Cc1sc2ccccc2c1Cl)C(=O)C1CCN(CC(N)=O)CC1. The molecule has 1 fully saturated rings. The lowest BCUT2D eigenvalue weighted by Gasteiger charge is -2.32. The number of thiophene rings is 1. The Kier molecular flexibility index (Phi) is 5.61. The number of hydrogen-bond donors (Lipinski definition) is 1. The highest BCUT2D eigenvalue weighted by molar-refractivity contribution is 7.19. The average Bonchev–Trinajstić information content (AvgIpc) is 2.90. The second kappa shape index (κ2) is 7.72. The molecule has 0 spiro atoms. The number of likely N-dealkylation sites (tertiary alicyclic amines) is 1.